The molecule has 0 aromatic heterocycles. The molecule has 1 aromatic rings. The van der Waals surface area contributed by atoms with Crippen LogP contribution in [-0.2, 0) is 14.3 Å². The SMILES string of the molecule is CC(C)[C@H]1CC[C@@H](C)C[C@H]1OC(=O)COC(=O)c1ccccc1I. The minimum absolute atomic E-state index is 0.0724. The van der Waals surface area contributed by atoms with Crippen LogP contribution < -0.4 is 0 Å². The average molecular weight is 444 g/mol. The number of hydrogen-bond donors (Lipinski definition) is 0. The van der Waals surface area contributed by atoms with Crippen LogP contribution in [0.15, 0.2) is 24.3 Å². The fourth-order valence-corrected chi connectivity index (χ4v) is 3.89. The third kappa shape index (κ3) is 5.19. The van der Waals surface area contributed by atoms with Crippen molar-refractivity contribution >= 4 is 34.5 Å². The summed E-state index contributed by atoms with van der Waals surface area (Å²) >= 11 is 2.07. The second kappa shape index (κ2) is 8.83. The van der Waals surface area contributed by atoms with Gasteiger partial charge in [-0.1, -0.05) is 39.3 Å². The molecule has 1 aromatic carbocycles. The van der Waals surface area contributed by atoms with E-state index in [0.29, 0.717) is 23.3 Å². The molecule has 0 N–H and O–H groups in total. The third-order valence-corrected chi connectivity index (χ3v) is 5.60. The molecule has 2 rings (SSSR count). The van der Waals surface area contributed by atoms with Crippen LogP contribution in [-0.4, -0.2) is 24.6 Å². The van der Waals surface area contributed by atoms with Gasteiger partial charge in [-0.2, -0.15) is 0 Å². The summed E-state index contributed by atoms with van der Waals surface area (Å²) in [5.41, 5.74) is 0.470. The Hall–Kier alpha value is -1.11. The predicted molar refractivity (Wildman–Crippen MR) is 101 cm³/mol. The number of carbonyl (C=O) groups is 2. The summed E-state index contributed by atoms with van der Waals surface area (Å²) in [5, 5.41) is 0. The van der Waals surface area contributed by atoms with Crippen LogP contribution in [0.2, 0.25) is 0 Å². The van der Waals surface area contributed by atoms with Crippen molar-refractivity contribution in [2.75, 3.05) is 6.61 Å². The molecule has 1 aliphatic carbocycles. The van der Waals surface area contributed by atoms with E-state index in [-0.39, 0.29) is 12.7 Å². The third-order valence-electron chi connectivity index (χ3n) is 4.66. The van der Waals surface area contributed by atoms with Gasteiger partial charge in [0.2, 0.25) is 0 Å². The van der Waals surface area contributed by atoms with Crippen molar-refractivity contribution in [1.29, 1.82) is 0 Å². The molecule has 0 heterocycles. The molecule has 4 nitrogen and oxygen atoms in total. The summed E-state index contributed by atoms with van der Waals surface area (Å²) in [6, 6.07) is 7.13. The fraction of sp³-hybridized carbons (Fsp3) is 0.579. The number of ether oxygens (including phenoxy) is 2. The molecule has 0 bridgehead atoms. The molecule has 3 atom stereocenters. The lowest BCUT2D eigenvalue weighted by Crippen LogP contribution is -2.36. The van der Waals surface area contributed by atoms with E-state index in [1.165, 1.54) is 6.42 Å². The Morgan fingerprint density at radius 3 is 2.62 bits per heavy atom. The average Bonchev–Trinajstić information content (AvgIpc) is 2.53. The molecule has 0 unspecified atom stereocenters. The Kier molecular flexibility index (Phi) is 7.07. The van der Waals surface area contributed by atoms with E-state index >= 15 is 0 Å². The van der Waals surface area contributed by atoms with Gasteiger partial charge in [-0.15, -0.1) is 0 Å². The number of hydrogen-bond acceptors (Lipinski definition) is 4. The van der Waals surface area contributed by atoms with Crippen LogP contribution in [0.3, 0.4) is 0 Å². The van der Waals surface area contributed by atoms with E-state index in [2.05, 4.69) is 43.4 Å². The Morgan fingerprint density at radius 2 is 1.96 bits per heavy atom. The highest BCUT2D eigenvalue weighted by atomic mass is 127. The number of halogens is 1. The predicted octanol–water partition coefficient (Wildman–Crippen LogP) is 4.45. The minimum Gasteiger partial charge on any atom is -0.460 e. The normalized spacial score (nSPS) is 23.8. The van der Waals surface area contributed by atoms with E-state index in [9.17, 15) is 9.59 Å². The van der Waals surface area contributed by atoms with Gasteiger partial charge in [0.05, 0.1) is 5.56 Å². The maximum absolute atomic E-state index is 12.1. The molecule has 1 aliphatic rings. The summed E-state index contributed by atoms with van der Waals surface area (Å²) < 4.78 is 11.6. The fourth-order valence-electron chi connectivity index (χ4n) is 3.28. The van der Waals surface area contributed by atoms with Crippen molar-refractivity contribution < 1.29 is 19.1 Å². The van der Waals surface area contributed by atoms with Gasteiger partial charge in [0.25, 0.3) is 0 Å². The van der Waals surface area contributed by atoms with Crippen molar-refractivity contribution in [2.45, 2.75) is 46.1 Å². The van der Waals surface area contributed by atoms with Crippen LogP contribution in [0.5, 0.6) is 0 Å². The first kappa shape index (κ1) is 19.2. The lowest BCUT2D eigenvalue weighted by molar-refractivity contribution is -0.159. The molecule has 0 spiro atoms. The molecule has 0 amide bonds. The van der Waals surface area contributed by atoms with E-state index in [4.69, 9.17) is 9.47 Å². The molecular weight excluding hydrogens is 419 g/mol. The zero-order chi connectivity index (χ0) is 17.7. The minimum atomic E-state index is -0.491. The lowest BCUT2D eigenvalue weighted by Gasteiger charge is -2.36. The number of esters is 2. The van der Waals surface area contributed by atoms with Crippen molar-refractivity contribution in [2.24, 2.45) is 17.8 Å². The van der Waals surface area contributed by atoms with Gasteiger partial charge in [-0.3, -0.25) is 0 Å². The monoisotopic (exact) mass is 444 g/mol. The highest BCUT2D eigenvalue weighted by Crippen LogP contribution is 2.35. The van der Waals surface area contributed by atoms with E-state index < -0.39 is 11.9 Å². The number of rotatable bonds is 5. The van der Waals surface area contributed by atoms with Crippen molar-refractivity contribution in [3.8, 4) is 0 Å². The van der Waals surface area contributed by atoms with Crippen LogP contribution in [0.4, 0.5) is 0 Å². The van der Waals surface area contributed by atoms with Gasteiger partial charge in [0.1, 0.15) is 6.10 Å². The van der Waals surface area contributed by atoms with Gasteiger partial charge >= 0.3 is 11.9 Å². The van der Waals surface area contributed by atoms with Gasteiger partial charge in [0.15, 0.2) is 6.61 Å². The Balaban J connectivity index is 1.88. The molecule has 5 heteroatoms. The van der Waals surface area contributed by atoms with Gasteiger partial charge < -0.3 is 9.47 Å². The number of benzene rings is 1. The largest absolute Gasteiger partial charge is 0.460 e. The van der Waals surface area contributed by atoms with Crippen LogP contribution in [0.25, 0.3) is 0 Å². The van der Waals surface area contributed by atoms with Crippen LogP contribution >= 0.6 is 22.6 Å². The van der Waals surface area contributed by atoms with E-state index in [1.807, 2.05) is 12.1 Å². The Labute approximate surface area is 157 Å². The Morgan fingerprint density at radius 1 is 1.25 bits per heavy atom. The molecule has 0 radical (unpaired) electrons. The first-order valence-corrected chi connectivity index (χ1v) is 9.57. The van der Waals surface area contributed by atoms with Crippen molar-refractivity contribution in [1.82, 2.24) is 0 Å². The van der Waals surface area contributed by atoms with Crippen molar-refractivity contribution in [3.05, 3.63) is 33.4 Å². The van der Waals surface area contributed by atoms with Crippen LogP contribution in [0.1, 0.15) is 50.4 Å². The van der Waals surface area contributed by atoms with E-state index in [0.717, 1.165) is 16.4 Å². The van der Waals surface area contributed by atoms with Crippen molar-refractivity contribution in [3.63, 3.8) is 0 Å². The quantitative estimate of drug-likeness (QED) is 0.498. The maximum atomic E-state index is 12.1. The zero-order valence-corrected chi connectivity index (χ0v) is 16.6. The second-order valence-electron chi connectivity index (χ2n) is 6.91. The summed E-state index contributed by atoms with van der Waals surface area (Å²) in [6.45, 7) is 6.19. The summed E-state index contributed by atoms with van der Waals surface area (Å²) in [7, 11) is 0. The molecular formula is C19H25IO4. The zero-order valence-electron chi connectivity index (χ0n) is 14.5. The highest BCUT2D eigenvalue weighted by molar-refractivity contribution is 14.1. The number of carbonyl (C=O) groups excluding carboxylic acids is 2. The van der Waals surface area contributed by atoms with Gasteiger partial charge in [-0.05, 0) is 65.3 Å². The first-order chi connectivity index (χ1) is 11.4. The summed E-state index contributed by atoms with van der Waals surface area (Å²) in [5.74, 6) is 0.472. The highest BCUT2D eigenvalue weighted by Gasteiger charge is 2.33. The molecule has 1 fully saturated rings. The summed E-state index contributed by atoms with van der Waals surface area (Å²) in [4.78, 5) is 24.2. The topological polar surface area (TPSA) is 52.6 Å². The van der Waals surface area contributed by atoms with E-state index in [1.54, 1.807) is 12.1 Å². The molecule has 132 valence electrons. The Bertz CT molecular complexity index is 584. The second-order valence-corrected chi connectivity index (χ2v) is 8.07. The molecule has 0 aliphatic heterocycles. The standard InChI is InChI=1S/C19H25IO4/c1-12(2)14-9-8-13(3)10-17(14)24-18(21)11-23-19(22)15-6-4-5-7-16(15)20/h4-7,12-14,17H,8-11H2,1-3H3/t13-,14-,17-/m1/s1. The molecule has 24 heavy (non-hydrogen) atoms. The lowest BCUT2D eigenvalue weighted by atomic mass is 9.75. The van der Waals surface area contributed by atoms with Crippen LogP contribution in [0, 0.1) is 21.3 Å². The first-order valence-electron chi connectivity index (χ1n) is 8.49. The van der Waals surface area contributed by atoms with Gasteiger partial charge in [-0.25, -0.2) is 9.59 Å². The maximum Gasteiger partial charge on any atom is 0.344 e. The molecule has 1 saturated carbocycles. The molecule has 0 saturated heterocycles. The summed E-state index contributed by atoms with van der Waals surface area (Å²) in [6.07, 6.45) is 3.08. The smallest absolute Gasteiger partial charge is 0.344 e. The van der Waals surface area contributed by atoms with Gasteiger partial charge in [0, 0.05) is 3.57 Å².